The molecule has 0 aliphatic carbocycles. The molecule has 0 N–H and O–H groups in total. The molecule has 0 saturated carbocycles. The summed E-state index contributed by atoms with van der Waals surface area (Å²) in [5.74, 6) is 0. The van der Waals surface area contributed by atoms with Crippen molar-refractivity contribution in [2.24, 2.45) is 0 Å². The van der Waals surface area contributed by atoms with Crippen molar-refractivity contribution in [2.75, 3.05) is 0 Å². The van der Waals surface area contributed by atoms with Crippen LogP contribution in [0, 0.1) is 0 Å². The molecule has 0 heterocycles. The molecular weight excluding hydrogens is 1110 g/mol. The van der Waals surface area contributed by atoms with Crippen molar-refractivity contribution in [3.63, 3.8) is 0 Å². The molecule has 0 rings (SSSR count). The summed E-state index contributed by atoms with van der Waals surface area (Å²) in [6.07, 6.45) is 91.6. The summed E-state index contributed by atoms with van der Waals surface area (Å²) in [6.45, 7) is 43.6. The van der Waals surface area contributed by atoms with Gasteiger partial charge in [-0.25, -0.2) is 0 Å². The van der Waals surface area contributed by atoms with Crippen molar-refractivity contribution in [1.29, 1.82) is 0 Å². The maximum atomic E-state index is 10.8. The quantitative estimate of drug-likeness (QED) is 0.0450. The van der Waals surface area contributed by atoms with E-state index in [1.54, 1.807) is 0 Å². The minimum absolute atomic E-state index is 0.0395. The lowest BCUT2D eigenvalue weighted by Crippen LogP contribution is -2.00. The van der Waals surface area contributed by atoms with Gasteiger partial charge in [0.2, 0.25) is 0 Å². The normalized spacial score (nSPS) is 10.3. The molecule has 556 valence electrons. The summed E-state index contributed by atoms with van der Waals surface area (Å²) >= 11 is 0. The highest BCUT2D eigenvalue weighted by Crippen LogP contribution is 2.27. The lowest BCUT2D eigenvalue weighted by Gasteiger charge is -1.97. The molecule has 0 aromatic heterocycles. The Morgan fingerprint density at radius 2 is 0.222 bits per heavy atom. The van der Waals surface area contributed by atoms with Gasteiger partial charge in [0.05, 0.1) is 0 Å². The topological polar surface area (TPSA) is 35.5 Å². The number of rotatable bonds is 60. The zero-order chi connectivity index (χ0) is 69.4. The molecule has 0 aromatic carbocycles. The maximum absolute atomic E-state index is 10.8. The van der Waals surface area contributed by atoms with Gasteiger partial charge in [-0.05, 0) is 27.7 Å². The summed E-state index contributed by atoms with van der Waals surface area (Å²) in [4.78, 5) is 0. The average molecular weight is 1300 g/mol. The third-order valence-electron chi connectivity index (χ3n) is 16.3. The molecule has 0 unspecified atom stereocenters. The lowest BCUT2D eigenvalue weighted by atomic mass is 10.1. The number of hydrogen-bond acceptors (Lipinski definition) is 3. The Hall–Kier alpha value is 0.0200. The van der Waals surface area contributed by atoms with E-state index < -0.39 is 8.25 Å². The Morgan fingerprint density at radius 3 is 0.278 bits per heavy atom. The van der Waals surface area contributed by atoms with Crippen LogP contribution in [-0.4, -0.2) is 12.2 Å². The fraction of sp³-hybridized carbons (Fsp3) is 1.00. The van der Waals surface area contributed by atoms with Crippen LogP contribution in [0.5, 0.6) is 0 Å². The number of hydrogen-bond donors (Lipinski definition) is 0. The molecule has 90 heavy (non-hydrogen) atoms. The standard InChI is InChI=1S/8C10H22.C6H14O3P/c8*1-3-5-7-9-10-8-6-4-2;1-5(2)8-10(7)9-6(3)4/h8*3-10H2,1-2H3;5-6H,1-4H3/q;;;;;;;;+1. The monoisotopic (exact) mass is 1300 g/mol. The first-order chi connectivity index (χ1) is 43.8. The smallest absolute Gasteiger partial charge is 0.116 e. The van der Waals surface area contributed by atoms with Gasteiger partial charge in [0.25, 0.3) is 0 Å². The lowest BCUT2D eigenvalue weighted by molar-refractivity contribution is 0.161. The highest BCUT2D eigenvalue weighted by Gasteiger charge is 2.23. The van der Waals surface area contributed by atoms with Crippen molar-refractivity contribution in [1.82, 2.24) is 0 Å². The van der Waals surface area contributed by atoms with Crippen LogP contribution in [0.15, 0.2) is 0 Å². The van der Waals surface area contributed by atoms with Crippen molar-refractivity contribution < 1.29 is 13.6 Å². The van der Waals surface area contributed by atoms with E-state index >= 15 is 0 Å². The van der Waals surface area contributed by atoms with E-state index in [-0.39, 0.29) is 12.2 Å². The molecule has 0 fully saturated rings. The first-order valence-electron chi connectivity index (χ1n) is 42.6. The second-order valence-electron chi connectivity index (χ2n) is 27.5. The Kier molecular flexibility index (Phi) is 148. The van der Waals surface area contributed by atoms with E-state index in [4.69, 9.17) is 9.05 Å². The summed E-state index contributed by atoms with van der Waals surface area (Å²) in [5, 5.41) is 0. The predicted octanol–water partition coefficient (Wildman–Crippen LogP) is 35.7. The first kappa shape index (κ1) is 109. The molecule has 0 aromatic rings. The molecule has 0 atom stereocenters. The highest BCUT2D eigenvalue weighted by molar-refractivity contribution is 7.33. The largest absolute Gasteiger partial charge is 0.697 e. The van der Waals surface area contributed by atoms with E-state index in [1.165, 1.54) is 411 Å². The number of unbranched alkanes of at least 4 members (excludes halogenated alkanes) is 56. The molecule has 0 saturated heterocycles. The van der Waals surface area contributed by atoms with Gasteiger partial charge in [-0.2, -0.15) is 0 Å². The van der Waals surface area contributed by atoms with Crippen molar-refractivity contribution >= 4 is 8.25 Å². The van der Waals surface area contributed by atoms with Crippen LogP contribution in [0.4, 0.5) is 0 Å². The minimum Gasteiger partial charge on any atom is -0.116 e. The van der Waals surface area contributed by atoms with Gasteiger partial charge in [-0.15, -0.1) is 9.05 Å². The van der Waals surface area contributed by atoms with Crippen LogP contribution >= 0.6 is 8.25 Å². The van der Waals surface area contributed by atoms with Crippen LogP contribution in [0.2, 0.25) is 0 Å². The van der Waals surface area contributed by atoms with Crippen LogP contribution in [0.25, 0.3) is 0 Å². The summed E-state index contributed by atoms with van der Waals surface area (Å²) in [5.41, 5.74) is 0. The molecule has 0 aliphatic heterocycles. The average Bonchev–Trinajstić information content (AvgIpc) is 3.59. The van der Waals surface area contributed by atoms with E-state index in [0.717, 1.165) is 0 Å². The Labute approximate surface area is 580 Å². The molecule has 0 spiro atoms. The first-order valence-corrected chi connectivity index (χ1v) is 43.7. The van der Waals surface area contributed by atoms with Crippen LogP contribution in [0.1, 0.15) is 549 Å². The van der Waals surface area contributed by atoms with E-state index in [9.17, 15) is 4.57 Å². The van der Waals surface area contributed by atoms with Gasteiger partial charge in [0.1, 0.15) is 12.2 Å². The van der Waals surface area contributed by atoms with Gasteiger partial charge >= 0.3 is 8.25 Å². The molecule has 0 radical (unpaired) electrons. The third-order valence-corrected chi connectivity index (χ3v) is 17.4. The van der Waals surface area contributed by atoms with Crippen LogP contribution < -0.4 is 0 Å². The van der Waals surface area contributed by atoms with Gasteiger partial charge in [-0.1, -0.05) is 522 Å². The molecule has 0 amide bonds. The minimum atomic E-state index is -1.91. The highest BCUT2D eigenvalue weighted by atomic mass is 31.1. The van der Waals surface area contributed by atoms with Crippen molar-refractivity contribution in [3.8, 4) is 0 Å². The fourth-order valence-corrected chi connectivity index (χ4v) is 10.8. The maximum Gasteiger partial charge on any atom is 0.697 e. The molecule has 0 bridgehead atoms. The second-order valence-corrected chi connectivity index (χ2v) is 28.4. The Morgan fingerprint density at radius 1 is 0.156 bits per heavy atom. The zero-order valence-corrected chi connectivity index (χ0v) is 69.0. The summed E-state index contributed by atoms with van der Waals surface area (Å²) in [6, 6.07) is 0. The van der Waals surface area contributed by atoms with Gasteiger partial charge < -0.3 is 0 Å². The predicted molar refractivity (Wildman–Crippen MR) is 426 cm³/mol. The Bertz CT molecular complexity index is 731. The van der Waals surface area contributed by atoms with Gasteiger partial charge in [0.15, 0.2) is 0 Å². The molecular formula is C86H190O3P+. The zero-order valence-electron chi connectivity index (χ0n) is 68.1. The summed E-state index contributed by atoms with van der Waals surface area (Å²) < 4.78 is 20.5. The molecule has 4 heteroatoms. The van der Waals surface area contributed by atoms with Gasteiger partial charge in [-0.3, -0.25) is 0 Å². The summed E-state index contributed by atoms with van der Waals surface area (Å²) in [7, 11) is -1.91. The van der Waals surface area contributed by atoms with E-state index in [2.05, 4.69) is 111 Å². The van der Waals surface area contributed by atoms with Crippen molar-refractivity contribution in [2.45, 2.75) is 562 Å². The molecule has 3 nitrogen and oxygen atoms in total. The molecule has 0 aliphatic rings. The van der Waals surface area contributed by atoms with Crippen LogP contribution in [-0.2, 0) is 13.6 Å². The second kappa shape index (κ2) is 123. The third kappa shape index (κ3) is 163. The van der Waals surface area contributed by atoms with E-state index in [0.29, 0.717) is 0 Å². The van der Waals surface area contributed by atoms with E-state index in [1.807, 2.05) is 27.7 Å². The SMILES string of the molecule is CC(C)O[P+](=O)OC(C)C.CCCCCCCCCC.CCCCCCCCCC.CCCCCCCCCC.CCCCCCCCCC.CCCCCCCCCC.CCCCCCCCCC.CCCCCCCCCC.CCCCCCCCCC. The fourth-order valence-electron chi connectivity index (χ4n) is 10.0. The Balaban J connectivity index is -0.000000117. The van der Waals surface area contributed by atoms with Gasteiger partial charge in [0, 0.05) is 4.57 Å². The van der Waals surface area contributed by atoms with Crippen molar-refractivity contribution in [3.05, 3.63) is 0 Å². The van der Waals surface area contributed by atoms with Crippen LogP contribution in [0.3, 0.4) is 0 Å².